The van der Waals surface area contributed by atoms with Crippen LogP contribution >= 0.6 is 23.4 Å². The molecular formula is C10H10ClN3O2S. The number of carbonyl (C=O) groups is 2. The Morgan fingerprint density at radius 2 is 2.47 bits per heavy atom. The summed E-state index contributed by atoms with van der Waals surface area (Å²) in [6.45, 7) is 1.85. The van der Waals surface area contributed by atoms with Crippen molar-refractivity contribution in [1.29, 1.82) is 0 Å². The number of nitrogens with one attached hydrogen (secondary N) is 2. The maximum atomic E-state index is 11.8. The van der Waals surface area contributed by atoms with Crippen LogP contribution in [0.5, 0.6) is 0 Å². The quantitative estimate of drug-likeness (QED) is 0.805. The van der Waals surface area contributed by atoms with Gasteiger partial charge >= 0.3 is 0 Å². The Balaban J connectivity index is 2.07. The van der Waals surface area contributed by atoms with E-state index in [1.165, 1.54) is 0 Å². The summed E-state index contributed by atoms with van der Waals surface area (Å²) in [5.74, 6) is 0.152. The van der Waals surface area contributed by atoms with Crippen molar-refractivity contribution in [2.75, 3.05) is 11.1 Å². The number of nitrogens with zero attached hydrogens (tertiary/aromatic N) is 1. The summed E-state index contributed by atoms with van der Waals surface area (Å²) in [6.07, 6.45) is 1.62. The molecule has 1 atom stereocenters. The van der Waals surface area contributed by atoms with E-state index in [1.807, 2.05) is 6.92 Å². The molecule has 0 saturated carbocycles. The predicted octanol–water partition coefficient (Wildman–Crippen LogP) is 1.81. The maximum Gasteiger partial charge on any atom is 0.279 e. The summed E-state index contributed by atoms with van der Waals surface area (Å²) in [5, 5.41) is 5.26. The molecule has 1 saturated heterocycles. The van der Waals surface area contributed by atoms with E-state index in [9.17, 15) is 9.59 Å². The number of hydrogen-bond acceptors (Lipinski definition) is 4. The summed E-state index contributed by atoms with van der Waals surface area (Å²) in [7, 11) is 0. The lowest BCUT2D eigenvalue weighted by atomic mass is 10.2. The average Bonchev–Trinajstić information content (AvgIpc) is 2.70. The minimum Gasteiger partial charge on any atom is -0.334 e. The highest BCUT2D eigenvalue weighted by atomic mass is 35.5. The summed E-state index contributed by atoms with van der Waals surface area (Å²) in [5.41, 5.74) is 1.36. The molecule has 0 bridgehead atoms. The number of pyridine rings is 1. The van der Waals surface area contributed by atoms with Crippen LogP contribution in [0.15, 0.2) is 12.3 Å². The molecule has 2 amide bonds. The van der Waals surface area contributed by atoms with Gasteiger partial charge in [0.1, 0.15) is 6.04 Å². The first kappa shape index (κ1) is 12.2. The number of thioether (sulfide) groups is 1. The minimum atomic E-state index is -0.510. The molecule has 1 aliphatic heterocycles. The smallest absolute Gasteiger partial charge is 0.279 e. The first-order chi connectivity index (χ1) is 8.06. The maximum absolute atomic E-state index is 11.8. The number of carbonyl (C=O) groups excluding carboxylic acids is 2. The van der Waals surface area contributed by atoms with Crippen molar-refractivity contribution in [2.45, 2.75) is 13.0 Å². The molecule has 0 radical (unpaired) electrons. The molecule has 2 heterocycles. The summed E-state index contributed by atoms with van der Waals surface area (Å²) >= 11 is 6.95. The second kappa shape index (κ2) is 4.93. The van der Waals surface area contributed by atoms with Crippen LogP contribution in [0, 0.1) is 6.92 Å². The third-order valence-electron chi connectivity index (χ3n) is 2.22. The number of aryl methyl sites for hydroxylation is 1. The van der Waals surface area contributed by atoms with Crippen LogP contribution in [-0.2, 0) is 4.79 Å². The van der Waals surface area contributed by atoms with E-state index in [-0.39, 0.29) is 16.3 Å². The summed E-state index contributed by atoms with van der Waals surface area (Å²) in [4.78, 5) is 26.7. The molecule has 1 unspecified atom stereocenters. The molecule has 1 fully saturated rings. The van der Waals surface area contributed by atoms with Crippen molar-refractivity contribution in [3.8, 4) is 0 Å². The van der Waals surface area contributed by atoms with Gasteiger partial charge in [0.25, 0.3) is 5.24 Å². The zero-order chi connectivity index (χ0) is 12.4. The van der Waals surface area contributed by atoms with Gasteiger partial charge in [0.05, 0.1) is 5.69 Å². The van der Waals surface area contributed by atoms with E-state index >= 15 is 0 Å². The number of amides is 2. The van der Waals surface area contributed by atoms with Crippen molar-refractivity contribution in [1.82, 2.24) is 10.3 Å². The van der Waals surface area contributed by atoms with Crippen molar-refractivity contribution in [2.24, 2.45) is 0 Å². The van der Waals surface area contributed by atoms with Gasteiger partial charge in [0.2, 0.25) is 5.91 Å². The van der Waals surface area contributed by atoms with Gasteiger partial charge in [-0.3, -0.25) is 9.59 Å². The highest BCUT2D eigenvalue weighted by Crippen LogP contribution is 2.21. The lowest BCUT2D eigenvalue weighted by molar-refractivity contribution is -0.117. The molecule has 0 spiro atoms. The highest BCUT2D eigenvalue weighted by Gasteiger charge is 2.28. The van der Waals surface area contributed by atoms with Crippen LogP contribution in [0.2, 0.25) is 5.15 Å². The zero-order valence-corrected chi connectivity index (χ0v) is 10.6. The van der Waals surface area contributed by atoms with Gasteiger partial charge in [0.15, 0.2) is 5.15 Å². The van der Waals surface area contributed by atoms with Gasteiger partial charge in [-0.2, -0.15) is 0 Å². The van der Waals surface area contributed by atoms with Gasteiger partial charge in [-0.15, -0.1) is 0 Å². The second-order valence-corrected chi connectivity index (χ2v) is 4.99. The molecule has 90 valence electrons. The van der Waals surface area contributed by atoms with Crippen LogP contribution < -0.4 is 10.6 Å². The molecule has 5 nitrogen and oxygen atoms in total. The first-order valence-corrected chi connectivity index (χ1v) is 6.29. The Bertz CT molecular complexity index is 481. The Morgan fingerprint density at radius 3 is 3.12 bits per heavy atom. The number of anilines is 1. The number of aromatic nitrogens is 1. The number of hydrogen-bond donors (Lipinski definition) is 2. The Kier molecular flexibility index (Phi) is 3.54. The molecule has 0 aromatic carbocycles. The van der Waals surface area contributed by atoms with Gasteiger partial charge in [-0.1, -0.05) is 23.4 Å². The van der Waals surface area contributed by atoms with Gasteiger partial charge in [0, 0.05) is 11.9 Å². The largest absolute Gasteiger partial charge is 0.334 e. The lowest BCUT2D eigenvalue weighted by Gasteiger charge is -2.11. The van der Waals surface area contributed by atoms with E-state index in [1.54, 1.807) is 12.3 Å². The summed E-state index contributed by atoms with van der Waals surface area (Å²) in [6, 6.07) is 1.22. The van der Waals surface area contributed by atoms with E-state index in [0.717, 1.165) is 17.3 Å². The molecule has 17 heavy (non-hydrogen) atoms. The molecular weight excluding hydrogens is 262 g/mol. The number of halogens is 1. The lowest BCUT2D eigenvalue weighted by Crippen LogP contribution is -2.38. The average molecular weight is 272 g/mol. The SMILES string of the molecule is Cc1cnc(Cl)c(NC(=O)C2CSC(=O)N2)c1. The van der Waals surface area contributed by atoms with Crippen LogP contribution in [0.25, 0.3) is 0 Å². The molecule has 0 aliphatic carbocycles. The van der Waals surface area contributed by atoms with E-state index in [4.69, 9.17) is 11.6 Å². The van der Waals surface area contributed by atoms with Crippen LogP contribution in [0.1, 0.15) is 5.56 Å². The molecule has 1 aromatic heterocycles. The van der Waals surface area contributed by atoms with Crippen molar-refractivity contribution in [3.63, 3.8) is 0 Å². The molecule has 2 N–H and O–H groups in total. The van der Waals surface area contributed by atoms with Crippen LogP contribution in [-0.4, -0.2) is 27.9 Å². The minimum absolute atomic E-state index is 0.182. The second-order valence-electron chi connectivity index (χ2n) is 3.64. The van der Waals surface area contributed by atoms with Crippen LogP contribution in [0.4, 0.5) is 10.5 Å². The Labute approximate surface area is 107 Å². The van der Waals surface area contributed by atoms with Gasteiger partial charge in [-0.25, -0.2) is 4.98 Å². The molecule has 2 rings (SSSR count). The van der Waals surface area contributed by atoms with Gasteiger partial charge < -0.3 is 10.6 Å². The first-order valence-electron chi connectivity index (χ1n) is 4.92. The molecule has 1 aliphatic rings. The van der Waals surface area contributed by atoms with Gasteiger partial charge in [-0.05, 0) is 18.6 Å². The molecule has 7 heteroatoms. The molecule has 1 aromatic rings. The topological polar surface area (TPSA) is 71.1 Å². The highest BCUT2D eigenvalue weighted by molar-refractivity contribution is 8.14. The van der Waals surface area contributed by atoms with E-state index in [0.29, 0.717) is 11.4 Å². The summed E-state index contributed by atoms with van der Waals surface area (Å²) < 4.78 is 0. The number of rotatable bonds is 2. The standard InChI is InChI=1S/C10H10ClN3O2S/c1-5-2-6(8(11)12-3-5)13-9(15)7-4-17-10(16)14-7/h2-3,7H,4H2,1H3,(H,13,15)(H,14,16). The Hall–Kier alpha value is -1.27. The monoisotopic (exact) mass is 271 g/mol. The third-order valence-corrected chi connectivity index (χ3v) is 3.40. The van der Waals surface area contributed by atoms with E-state index < -0.39 is 6.04 Å². The van der Waals surface area contributed by atoms with Crippen LogP contribution in [0.3, 0.4) is 0 Å². The predicted molar refractivity (Wildman–Crippen MR) is 67.4 cm³/mol. The Morgan fingerprint density at radius 1 is 1.71 bits per heavy atom. The third kappa shape index (κ3) is 2.89. The fourth-order valence-electron chi connectivity index (χ4n) is 1.39. The van der Waals surface area contributed by atoms with Crippen molar-refractivity contribution in [3.05, 3.63) is 23.0 Å². The normalized spacial score (nSPS) is 18.9. The van der Waals surface area contributed by atoms with Crippen molar-refractivity contribution >= 4 is 40.2 Å². The van der Waals surface area contributed by atoms with E-state index in [2.05, 4.69) is 15.6 Å². The fourth-order valence-corrected chi connectivity index (χ4v) is 2.31. The van der Waals surface area contributed by atoms with Crippen molar-refractivity contribution < 1.29 is 9.59 Å². The zero-order valence-electron chi connectivity index (χ0n) is 8.99. The fraction of sp³-hybridized carbons (Fsp3) is 0.300.